The van der Waals surface area contributed by atoms with E-state index in [1.165, 1.54) is 0 Å². The van der Waals surface area contributed by atoms with E-state index in [0.717, 1.165) is 76.6 Å². The van der Waals surface area contributed by atoms with Gasteiger partial charge >= 0.3 is 0 Å². The smallest absolute Gasteiger partial charge is 0.146 e. The molecule has 1 saturated carbocycles. The molecular weight excluding hydrogens is 300 g/mol. The molecule has 24 heavy (non-hydrogen) atoms. The van der Waals surface area contributed by atoms with Crippen LogP contribution in [0.1, 0.15) is 44.6 Å². The molecule has 1 aliphatic heterocycles. The average molecular weight is 328 g/mol. The van der Waals surface area contributed by atoms with E-state index in [1.807, 2.05) is 12.1 Å². The van der Waals surface area contributed by atoms with Crippen LogP contribution in [-0.4, -0.2) is 53.3 Å². The molecule has 5 heteroatoms. The molecule has 1 saturated heterocycles. The fourth-order valence-corrected chi connectivity index (χ4v) is 3.95. The Labute approximate surface area is 144 Å². The quantitative estimate of drug-likeness (QED) is 0.923. The Morgan fingerprint density at radius 1 is 1.29 bits per heavy atom. The second-order valence-corrected chi connectivity index (χ2v) is 7.51. The Hall–Kier alpha value is -1.64. The minimum Gasteiger partial charge on any atom is -0.389 e. The van der Waals surface area contributed by atoms with Gasteiger partial charge in [0.05, 0.1) is 11.2 Å². The van der Waals surface area contributed by atoms with Crippen molar-refractivity contribution in [2.75, 3.05) is 37.6 Å². The molecule has 5 nitrogen and oxygen atoms in total. The highest BCUT2D eigenvalue weighted by Gasteiger charge is 2.34. The van der Waals surface area contributed by atoms with Crippen molar-refractivity contribution in [3.63, 3.8) is 0 Å². The van der Waals surface area contributed by atoms with Crippen molar-refractivity contribution >= 4 is 5.82 Å². The minimum absolute atomic E-state index is 0.509. The monoisotopic (exact) mass is 328 g/mol. The molecule has 0 amide bonds. The number of anilines is 1. The summed E-state index contributed by atoms with van der Waals surface area (Å²) in [5, 5.41) is 20.2. The highest BCUT2D eigenvalue weighted by Crippen LogP contribution is 2.32. The lowest BCUT2D eigenvalue weighted by Crippen LogP contribution is -2.46. The van der Waals surface area contributed by atoms with E-state index in [-0.39, 0.29) is 0 Å². The fraction of sp³-hybridized carbons (Fsp3) is 0.684. The van der Waals surface area contributed by atoms with E-state index in [1.54, 1.807) is 6.20 Å². The summed E-state index contributed by atoms with van der Waals surface area (Å²) >= 11 is 0. The van der Waals surface area contributed by atoms with Crippen molar-refractivity contribution in [3.8, 4) is 6.07 Å². The van der Waals surface area contributed by atoms with Gasteiger partial charge in [-0.1, -0.05) is 6.92 Å². The lowest BCUT2D eigenvalue weighted by atomic mass is 9.79. The highest BCUT2D eigenvalue weighted by atomic mass is 16.3. The van der Waals surface area contributed by atoms with Crippen molar-refractivity contribution in [3.05, 3.63) is 23.9 Å². The zero-order chi connectivity index (χ0) is 17.0. The zero-order valence-corrected chi connectivity index (χ0v) is 14.6. The van der Waals surface area contributed by atoms with E-state index < -0.39 is 5.60 Å². The lowest BCUT2D eigenvalue weighted by molar-refractivity contribution is -0.0337. The third-order valence-corrected chi connectivity index (χ3v) is 5.52. The van der Waals surface area contributed by atoms with Gasteiger partial charge in [0, 0.05) is 38.9 Å². The largest absolute Gasteiger partial charge is 0.389 e. The predicted molar refractivity (Wildman–Crippen MR) is 94.8 cm³/mol. The van der Waals surface area contributed by atoms with E-state index in [0.29, 0.717) is 5.56 Å². The Bertz CT molecular complexity index is 589. The maximum atomic E-state index is 10.9. The Balaban J connectivity index is 1.60. The van der Waals surface area contributed by atoms with Gasteiger partial charge in [-0.15, -0.1) is 0 Å². The summed E-state index contributed by atoms with van der Waals surface area (Å²) in [5.74, 6) is 1.55. The second-order valence-electron chi connectivity index (χ2n) is 7.51. The number of aromatic nitrogens is 1. The molecule has 0 spiro atoms. The van der Waals surface area contributed by atoms with Gasteiger partial charge in [-0.2, -0.15) is 5.26 Å². The number of hydrogen-bond acceptors (Lipinski definition) is 5. The first-order valence-corrected chi connectivity index (χ1v) is 9.14. The number of hydrogen-bond donors (Lipinski definition) is 1. The SMILES string of the molecule is CC1CCC(O)(CN2CCCN(c3ncccc3C#N)CC2)CC1. The molecular formula is C19H28N4O. The van der Waals surface area contributed by atoms with Gasteiger partial charge in [-0.3, -0.25) is 4.90 Å². The van der Waals surface area contributed by atoms with Crippen molar-refractivity contribution in [1.29, 1.82) is 5.26 Å². The van der Waals surface area contributed by atoms with Crippen LogP contribution in [0.3, 0.4) is 0 Å². The van der Waals surface area contributed by atoms with Crippen LogP contribution in [0, 0.1) is 17.2 Å². The van der Waals surface area contributed by atoms with Gasteiger partial charge in [-0.25, -0.2) is 4.98 Å². The summed E-state index contributed by atoms with van der Waals surface area (Å²) in [5.41, 5.74) is 0.135. The summed E-state index contributed by atoms with van der Waals surface area (Å²) in [6.07, 6.45) is 6.91. The van der Waals surface area contributed by atoms with Crippen LogP contribution in [0.2, 0.25) is 0 Å². The highest BCUT2D eigenvalue weighted by molar-refractivity contribution is 5.53. The van der Waals surface area contributed by atoms with Gasteiger partial charge in [0.2, 0.25) is 0 Å². The number of aliphatic hydroxyl groups is 1. The summed E-state index contributed by atoms with van der Waals surface area (Å²) in [7, 11) is 0. The standard InChI is InChI=1S/C19H28N4O/c1-16-5-7-19(24,8-6-16)15-22-10-3-11-23(13-12-22)18-17(14-20)4-2-9-21-18/h2,4,9,16,24H,3,5-8,10-13,15H2,1H3. The topological polar surface area (TPSA) is 63.4 Å². The molecule has 130 valence electrons. The third kappa shape index (κ3) is 4.06. The number of nitrogens with zero attached hydrogens (tertiary/aromatic N) is 4. The van der Waals surface area contributed by atoms with E-state index in [2.05, 4.69) is 27.8 Å². The minimum atomic E-state index is -0.509. The maximum absolute atomic E-state index is 10.9. The first kappa shape index (κ1) is 17.2. The van der Waals surface area contributed by atoms with Crippen LogP contribution >= 0.6 is 0 Å². The molecule has 0 bridgehead atoms. The van der Waals surface area contributed by atoms with E-state index in [4.69, 9.17) is 0 Å². The first-order valence-electron chi connectivity index (χ1n) is 9.14. The van der Waals surface area contributed by atoms with Crippen molar-refractivity contribution in [2.45, 2.75) is 44.6 Å². The van der Waals surface area contributed by atoms with Gasteiger partial charge in [0.1, 0.15) is 11.9 Å². The van der Waals surface area contributed by atoms with Gasteiger partial charge in [0.15, 0.2) is 0 Å². The number of nitriles is 1. The Morgan fingerprint density at radius 3 is 2.83 bits per heavy atom. The number of pyridine rings is 1. The summed E-state index contributed by atoms with van der Waals surface area (Å²) < 4.78 is 0. The molecule has 1 aromatic rings. The molecule has 0 unspecified atom stereocenters. The van der Waals surface area contributed by atoms with Crippen LogP contribution in [0.4, 0.5) is 5.82 Å². The molecule has 0 aromatic carbocycles. The maximum Gasteiger partial charge on any atom is 0.146 e. The lowest BCUT2D eigenvalue weighted by Gasteiger charge is -2.38. The molecule has 2 aliphatic rings. The normalized spacial score (nSPS) is 29.0. The molecule has 3 rings (SSSR count). The summed E-state index contributed by atoms with van der Waals surface area (Å²) in [6, 6.07) is 5.88. The van der Waals surface area contributed by atoms with Crippen LogP contribution in [0.25, 0.3) is 0 Å². The third-order valence-electron chi connectivity index (χ3n) is 5.52. The van der Waals surface area contributed by atoms with Crippen LogP contribution in [0.15, 0.2) is 18.3 Å². The predicted octanol–water partition coefficient (Wildman–Crippen LogP) is 2.41. The Morgan fingerprint density at radius 2 is 2.08 bits per heavy atom. The Kier molecular flexibility index (Phi) is 5.37. The van der Waals surface area contributed by atoms with Crippen molar-refractivity contribution in [1.82, 2.24) is 9.88 Å². The van der Waals surface area contributed by atoms with Crippen molar-refractivity contribution < 1.29 is 5.11 Å². The van der Waals surface area contributed by atoms with Crippen molar-refractivity contribution in [2.24, 2.45) is 5.92 Å². The van der Waals surface area contributed by atoms with Gasteiger partial charge in [0.25, 0.3) is 0 Å². The summed E-state index contributed by atoms with van der Waals surface area (Å²) in [4.78, 5) is 9.02. The van der Waals surface area contributed by atoms with Gasteiger partial charge in [-0.05, 0) is 50.2 Å². The fourth-order valence-electron chi connectivity index (χ4n) is 3.95. The number of β-amino-alcohol motifs (C(OH)–C–C–N with tert-alkyl or cyclic N) is 1. The average Bonchev–Trinajstić information content (AvgIpc) is 2.83. The number of rotatable bonds is 3. The molecule has 0 atom stereocenters. The molecule has 2 fully saturated rings. The molecule has 1 N–H and O–H groups in total. The molecule has 2 heterocycles. The molecule has 1 aliphatic carbocycles. The van der Waals surface area contributed by atoms with Gasteiger partial charge < -0.3 is 10.0 Å². The van der Waals surface area contributed by atoms with E-state index >= 15 is 0 Å². The van der Waals surface area contributed by atoms with E-state index in [9.17, 15) is 10.4 Å². The van der Waals surface area contributed by atoms with Crippen LogP contribution in [0.5, 0.6) is 0 Å². The molecule has 0 radical (unpaired) electrons. The van der Waals surface area contributed by atoms with Crippen LogP contribution in [-0.2, 0) is 0 Å². The molecule has 1 aromatic heterocycles. The zero-order valence-electron chi connectivity index (χ0n) is 14.6. The summed E-state index contributed by atoms with van der Waals surface area (Å²) in [6.45, 7) is 6.75. The first-order chi connectivity index (χ1) is 11.6. The second kappa shape index (κ2) is 7.50. The van der Waals surface area contributed by atoms with Crippen LogP contribution < -0.4 is 4.90 Å².